The Kier molecular flexibility index (Phi) is 6.13. The summed E-state index contributed by atoms with van der Waals surface area (Å²) in [6, 6.07) is 13.1. The highest BCUT2D eigenvalue weighted by Gasteiger charge is 2.12. The highest BCUT2D eigenvalue weighted by molar-refractivity contribution is 7.88. The average Bonchev–Trinajstić information content (AvgIpc) is 3.13. The zero-order valence-corrected chi connectivity index (χ0v) is 16.1. The molecular weight excluding hydrogens is 364 g/mol. The van der Waals surface area contributed by atoms with E-state index in [0.717, 1.165) is 24.2 Å². The van der Waals surface area contributed by atoms with Gasteiger partial charge in [-0.3, -0.25) is 4.79 Å². The second kappa shape index (κ2) is 8.54. The molecule has 0 unspecified atom stereocenters. The van der Waals surface area contributed by atoms with E-state index in [2.05, 4.69) is 16.1 Å². The van der Waals surface area contributed by atoms with Crippen LogP contribution in [-0.4, -0.2) is 28.0 Å². The van der Waals surface area contributed by atoms with Gasteiger partial charge in [-0.15, -0.1) is 0 Å². The van der Waals surface area contributed by atoms with Crippen LogP contribution >= 0.6 is 0 Å². The number of amides is 1. The molecule has 2 N–H and O–H groups in total. The predicted molar refractivity (Wildman–Crippen MR) is 104 cm³/mol. The summed E-state index contributed by atoms with van der Waals surface area (Å²) in [5, 5.41) is 2.81. The maximum Gasteiger partial charge on any atom is 0.258 e. The van der Waals surface area contributed by atoms with Crippen molar-refractivity contribution in [2.45, 2.75) is 31.6 Å². The van der Waals surface area contributed by atoms with E-state index in [1.54, 1.807) is 12.1 Å². The van der Waals surface area contributed by atoms with Crippen molar-refractivity contribution < 1.29 is 17.9 Å². The standard InChI is InChI=1S/C20H24N2O4S/c1-21-27(24,25)14-16-7-5-15(6-8-16)12-22-20(23)13-26-19-10-9-17-3-2-4-18(17)11-19/h5-11,21H,2-4,12-14H2,1H3,(H,22,23). The predicted octanol–water partition coefficient (Wildman–Crippen LogP) is 1.92. The minimum absolute atomic E-state index is 0.0305. The molecule has 2 aromatic carbocycles. The summed E-state index contributed by atoms with van der Waals surface area (Å²) in [6.07, 6.45) is 3.37. The van der Waals surface area contributed by atoms with Crippen molar-refractivity contribution in [1.82, 2.24) is 10.0 Å². The topological polar surface area (TPSA) is 84.5 Å². The van der Waals surface area contributed by atoms with Gasteiger partial charge >= 0.3 is 0 Å². The maximum absolute atomic E-state index is 12.0. The summed E-state index contributed by atoms with van der Waals surface area (Å²) >= 11 is 0. The van der Waals surface area contributed by atoms with Gasteiger partial charge in [0.25, 0.3) is 5.91 Å². The third-order valence-electron chi connectivity index (χ3n) is 4.62. The van der Waals surface area contributed by atoms with Crippen molar-refractivity contribution in [1.29, 1.82) is 0 Å². The van der Waals surface area contributed by atoms with Crippen LogP contribution in [-0.2, 0) is 40.0 Å². The first-order chi connectivity index (χ1) is 12.9. The lowest BCUT2D eigenvalue weighted by molar-refractivity contribution is -0.123. The Balaban J connectivity index is 1.45. The van der Waals surface area contributed by atoms with Crippen LogP contribution in [0.1, 0.15) is 28.7 Å². The van der Waals surface area contributed by atoms with Crippen molar-refractivity contribution in [2.75, 3.05) is 13.7 Å². The van der Waals surface area contributed by atoms with Crippen LogP contribution in [0.4, 0.5) is 0 Å². The molecule has 0 spiro atoms. The summed E-state index contributed by atoms with van der Waals surface area (Å²) in [7, 11) is -1.89. The van der Waals surface area contributed by atoms with Crippen LogP contribution in [0.5, 0.6) is 5.75 Å². The van der Waals surface area contributed by atoms with Gasteiger partial charge in [0.05, 0.1) is 5.75 Å². The molecule has 2 aromatic rings. The molecule has 0 saturated carbocycles. The van der Waals surface area contributed by atoms with E-state index in [1.165, 1.54) is 24.6 Å². The summed E-state index contributed by atoms with van der Waals surface area (Å²) in [5.74, 6) is 0.461. The van der Waals surface area contributed by atoms with Gasteiger partial charge in [-0.25, -0.2) is 13.1 Å². The van der Waals surface area contributed by atoms with Crippen LogP contribution in [0.15, 0.2) is 42.5 Å². The Labute approximate surface area is 160 Å². The number of hydrogen-bond donors (Lipinski definition) is 2. The van der Waals surface area contributed by atoms with Crippen LogP contribution in [0.25, 0.3) is 0 Å². The van der Waals surface area contributed by atoms with Gasteiger partial charge in [0.2, 0.25) is 10.0 Å². The SMILES string of the molecule is CNS(=O)(=O)Cc1ccc(CNC(=O)COc2ccc3c(c2)CCC3)cc1. The lowest BCUT2D eigenvalue weighted by atomic mass is 10.1. The molecular formula is C20H24N2O4S. The fourth-order valence-electron chi connectivity index (χ4n) is 3.08. The number of sulfonamides is 1. The summed E-state index contributed by atoms with van der Waals surface area (Å²) in [4.78, 5) is 12.0. The largest absolute Gasteiger partial charge is 0.484 e. The molecule has 144 valence electrons. The highest BCUT2D eigenvalue weighted by atomic mass is 32.2. The third kappa shape index (κ3) is 5.55. The van der Waals surface area contributed by atoms with Crippen LogP contribution in [0.3, 0.4) is 0 Å². The highest BCUT2D eigenvalue weighted by Crippen LogP contribution is 2.25. The Bertz CT molecular complexity index is 908. The molecule has 0 aliphatic heterocycles. The van der Waals surface area contributed by atoms with Gasteiger partial charge in [0.15, 0.2) is 6.61 Å². The van der Waals surface area contributed by atoms with Gasteiger partial charge in [-0.05, 0) is 60.7 Å². The molecule has 0 radical (unpaired) electrons. The number of nitrogens with one attached hydrogen (secondary N) is 2. The van der Waals surface area contributed by atoms with E-state index in [9.17, 15) is 13.2 Å². The molecule has 1 amide bonds. The molecule has 6 nitrogen and oxygen atoms in total. The first-order valence-corrected chi connectivity index (χ1v) is 10.6. The van der Waals surface area contributed by atoms with E-state index >= 15 is 0 Å². The molecule has 3 rings (SSSR count). The zero-order chi connectivity index (χ0) is 19.3. The Morgan fingerprint density at radius 2 is 1.74 bits per heavy atom. The fourth-order valence-corrected chi connectivity index (χ4v) is 3.86. The number of benzene rings is 2. The van der Waals surface area contributed by atoms with Crippen LogP contribution in [0.2, 0.25) is 0 Å². The Morgan fingerprint density at radius 3 is 2.48 bits per heavy atom. The molecule has 0 aromatic heterocycles. The van der Waals surface area contributed by atoms with E-state index in [-0.39, 0.29) is 18.3 Å². The van der Waals surface area contributed by atoms with Gasteiger partial charge in [0.1, 0.15) is 5.75 Å². The van der Waals surface area contributed by atoms with Gasteiger partial charge in [-0.2, -0.15) is 0 Å². The van der Waals surface area contributed by atoms with Gasteiger partial charge < -0.3 is 10.1 Å². The van der Waals surface area contributed by atoms with Crippen LogP contribution < -0.4 is 14.8 Å². The van der Waals surface area contributed by atoms with Crippen molar-refractivity contribution in [3.8, 4) is 5.75 Å². The lowest BCUT2D eigenvalue weighted by Gasteiger charge is -2.09. The molecule has 27 heavy (non-hydrogen) atoms. The van der Waals surface area contributed by atoms with E-state index < -0.39 is 10.0 Å². The Morgan fingerprint density at radius 1 is 1.04 bits per heavy atom. The normalized spacial score (nSPS) is 13.2. The summed E-state index contributed by atoms with van der Waals surface area (Å²) in [5.41, 5.74) is 4.27. The molecule has 0 fully saturated rings. The molecule has 0 heterocycles. The quantitative estimate of drug-likeness (QED) is 0.724. The molecule has 1 aliphatic rings. The second-order valence-corrected chi connectivity index (χ2v) is 8.56. The number of fused-ring (bicyclic) bond motifs is 1. The smallest absolute Gasteiger partial charge is 0.258 e. The van der Waals surface area contributed by atoms with E-state index in [4.69, 9.17) is 4.74 Å². The molecule has 0 atom stereocenters. The van der Waals surface area contributed by atoms with Crippen molar-refractivity contribution >= 4 is 15.9 Å². The fraction of sp³-hybridized carbons (Fsp3) is 0.350. The van der Waals surface area contributed by atoms with Crippen molar-refractivity contribution in [3.05, 3.63) is 64.7 Å². The minimum atomic E-state index is -3.29. The molecule has 0 saturated heterocycles. The first kappa shape index (κ1) is 19.4. The number of ether oxygens (including phenoxy) is 1. The minimum Gasteiger partial charge on any atom is -0.484 e. The number of aryl methyl sites for hydroxylation is 2. The van der Waals surface area contributed by atoms with E-state index in [1.807, 2.05) is 24.3 Å². The third-order valence-corrected chi connectivity index (χ3v) is 5.96. The molecule has 7 heteroatoms. The second-order valence-electron chi connectivity index (χ2n) is 6.63. The summed E-state index contributed by atoms with van der Waals surface area (Å²) in [6.45, 7) is 0.336. The number of carbonyl (C=O) groups excluding carboxylic acids is 1. The first-order valence-electron chi connectivity index (χ1n) is 8.95. The lowest BCUT2D eigenvalue weighted by Crippen LogP contribution is -2.28. The van der Waals surface area contributed by atoms with E-state index in [0.29, 0.717) is 12.1 Å². The average molecular weight is 388 g/mol. The van der Waals surface area contributed by atoms with Gasteiger partial charge in [0, 0.05) is 6.54 Å². The van der Waals surface area contributed by atoms with Gasteiger partial charge in [-0.1, -0.05) is 30.3 Å². The monoisotopic (exact) mass is 388 g/mol. The van der Waals surface area contributed by atoms with Crippen LogP contribution in [0, 0.1) is 0 Å². The number of hydrogen-bond acceptors (Lipinski definition) is 4. The van der Waals surface area contributed by atoms with Crippen molar-refractivity contribution in [3.63, 3.8) is 0 Å². The molecule has 0 bridgehead atoms. The summed E-state index contributed by atoms with van der Waals surface area (Å²) < 4.78 is 30.9. The van der Waals surface area contributed by atoms with Crippen molar-refractivity contribution in [2.24, 2.45) is 0 Å². The molecule has 1 aliphatic carbocycles. The maximum atomic E-state index is 12.0. The number of rotatable bonds is 8. The zero-order valence-electron chi connectivity index (χ0n) is 15.3. The Hall–Kier alpha value is -2.38. The number of carbonyl (C=O) groups is 1.